The van der Waals surface area contributed by atoms with Gasteiger partial charge >= 0.3 is 0 Å². The predicted octanol–water partition coefficient (Wildman–Crippen LogP) is 4.06. The first-order chi connectivity index (χ1) is 16.6. The molecular formula is C24H30N4O3S. The second-order valence-corrected chi connectivity index (χ2v) is 10.9. The fourth-order valence-electron chi connectivity index (χ4n) is 4.27. The van der Waals surface area contributed by atoms with Crippen LogP contribution in [-0.2, 0) is 11.3 Å². The second-order valence-electron chi connectivity index (χ2n) is 8.71. The maximum atomic E-state index is 10.7. The number of fused-ring (bicyclic) bond motifs is 2. The number of nitrogens with one attached hydrogen (secondary N) is 1. The van der Waals surface area contributed by atoms with Gasteiger partial charge in [0.15, 0.2) is 0 Å². The summed E-state index contributed by atoms with van der Waals surface area (Å²) in [4.78, 5) is 7.46. The van der Waals surface area contributed by atoms with Crippen LogP contribution in [-0.4, -0.2) is 52.7 Å². The zero-order chi connectivity index (χ0) is 24.8. The third-order valence-electron chi connectivity index (χ3n) is 6.35. The molecule has 2 aromatic carbocycles. The number of ether oxygens (including phenoxy) is 1. The number of aromatic nitrogens is 1. The van der Waals surface area contributed by atoms with E-state index in [4.69, 9.17) is 19.6 Å². The number of rotatable bonds is 5. The number of nitrogens with two attached hydrogens (primary N) is 1. The molecular weight excluding hydrogens is 424 g/mol. The first kappa shape index (κ1) is 18.1. The van der Waals surface area contributed by atoms with Gasteiger partial charge in [0.1, 0.15) is 5.82 Å². The molecule has 1 fully saturated rings. The molecule has 0 saturated carbocycles. The lowest BCUT2D eigenvalue weighted by atomic mass is 9.86. The molecule has 1 saturated heterocycles. The van der Waals surface area contributed by atoms with Crippen molar-refractivity contribution in [1.82, 2.24) is 4.98 Å². The maximum absolute atomic E-state index is 10.7. The van der Waals surface area contributed by atoms with Crippen molar-refractivity contribution in [2.24, 2.45) is 11.1 Å². The SMILES string of the molecule is [2H]C([2H])([2H])c1ccc2nc(N3CCS(O)(O)c4ccccc4C3)cc(NCC3(CN)COC3)c2c1. The van der Waals surface area contributed by atoms with E-state index in [1.165, 1.54) is 0 Å². The van der Waals surface area contributed by atoms with Crippen molar-refractivity contribution in [2.75, 3.05) is 48.8 Å². The summed E-state index contributed by atoms with van der Waals surface area (Å²) in [7, 11) is -2.90. The van der Waals surface area contributed by atoms with Crippen LogP contribution in [0, 0.1) is 12.3 Å². The lowest BCUT2D eigenvalue weighted by Crippen LogP contribution is -2.52. The molecule has 1 aromatic heterocycles. The molecule has 3 aromatic rings. The number of aryl methyl sites for hydroxylation is 1. The van der Waals surface area contributed by atoms with Gasteiger partial charge in [0, 0.05) is 52.8 Å². The quantitative estimate of drug-likeness (QED) is 0.458. The van der Waals surface area contributed by atoms with Gasteiger partial charge in [0.05, 0.1) is 29.4 Å². The van der Waals surface area contributed by atoms with E-state index in [0.29, 0.717) is 61.0 Å². The van der Waals surface area contributed by atoms with Crippen molar-refractivity contribution in [3.8, 4) is 0 Å². The monoisotopic (exact) mass is 457 g/mol. The molecule has 32 heavy (non-hydrogen) atoms. The molecule has 3 heterocycles. The molecule has 2 aliphatic rings. The molecule has 0 unspecified atom stereocenters. The van der Waals surface area contributed by atoms with Gasteiger partial charge in [-0.3, -0.25) is 9.11 Å². The summed E-state index contributed by atoms with van der Waals surface area (Å²) < 4.78 is 50.4. The van der Waals surface area contributed by atoms with Gasteiger partial charge in [-0.25, -0.2) is 4.98 Å². The highest BCUT2D eigenvalue weighted by molar-refractivity contribution is 8.24. The van der Waals surface area contributed by atoms with Crippen LogP contribution in [0.15, 0.2) is 53.4 Å². The lowest BCUT2D eigenvalue weighted by Gasteiger charge is -2.40. The van der Waals surface area contributed by atoms with E-state index in [9.17, 15) is 9.11 Å². The fraction of sp³-hybridized carbons (Fsp3) is 0.375. The zero-order valence-electron chi connectivity index (χ0n) is 20.8. The van der Waals surface area contributed by atoms with Crippen LogP contribution in [0.25, 0.3) is 10.9 Å². The molecule has 7 nitrogen and oxygen atoms in total. The summed E-state index contributed by atoms with van der Waals surface area (Å²) in [6.07, 6.45) is 0. The first-order valence-corrected chi connectivity index (χ1v) is 12.4. The van der Waals surface area contributed by atoms with Crippen molar-refractivity contribution in [1.29, 1.82) is 0 Å². The van der Waals surface area contributed by atoms with E-state index in [0.717, 1.165) is 11.3 Å². The van der Waals surface area contributed by atoms with E-state index in [1.807, 2.05) is 29.2 Å². The Hall–Kier alpha value is -2.36. The summed E-state index contributed by atoms with van der Waals surface area (Å²) in [5, 5.41) is 4.20. The first-order valence-electron chi connectivity index (χ1n) is 12.2. The topological polar surface area (TPSA) is 104 Å². The lowest BCUT2D eigenvalue weighted by molar-refractivity contribution is -0.0979. The van der Waals surface area contributed by atoms with Crippen LogP contribution < -0.4 is 16.0 Å². The Labute approximate surface area is 194 Å². The maximum Gasteiger partial charge on any atom is 0.131 e. The number of hydrogen-bond acceptors (Lipinski definition) is 7. The molecule has 0 atom stereocenters. The van der Waals surface area contributed by atoms with E-state index in [2.05, 4.69) is 5.32 Å². The largest absolute Gasteiger partial charge is 0.384 e. The molecule has 5 rings (SSSR count). The van der Waals surface area contributed by atoms with Gasteiger partial charge in [0.2, 0.25) is 0 Å². The van der Waals surface area contributed by atoms with E-state index >= 15 is 0 Å². The molecule has 2 aliphatic heterocycles. The minimum atomic E-state index is -2.90. The third kappa shape index (κ3) is 3.93. The van der Waals surface area contributed by atoms with Crippen LogP contribution in [0.2, 0.25) is 0 Å². The Bertz CT molecular complexity index is 1240. The molecule has 5 N–H and O–H groups in total. The average Bonchev–Trinajstić information content (AvgIpc) is 2.93. The Morgan fingerprint density at radius 2 is 2.09 bits per heavy atom. The normalized spacial score (nSPS) is 22.0. The van der Waals surface area contributed by atoms with Crippen LogP contribution in [0.4, 0.5) is 11.5 Å². The molecule has 0 amide bonds. The third-order valence-corrected chi connectivity index (χ3v) is 8.21. The molecule has 170 valence electrons. The van der Waals surface area contributed by atoms with Crippen molar-refractivity contribution in [3.05, 3.63) is 59.7 Å². The van der Waals surface area contributed by atoms with Crippen LogP contribution in [0.5, 0.6) is 0 Å². The van der Waals surface area contributed by atoms with Crippen LogP contribution >= 0.6 is 10.6 Å². The van der Waals surface area contributed by atoms with Gasteiger partial charge in [-0.15, -0.1) is 0 Å². The van der Waals surface area contributed by atoms with E-state index < -0.39 is 17.4 Å². The number of anilines is 2. The van der Waals surface area contributed by atoms with Crippen LogP contribution in [0.3, 0.4) is 0 Å². The smallest absolute Gasteiger partial charge is 0.131 e. The average molecular weight is 458 g/mol. The van der Waals surface area contributed by atoms with Gasteiger partial charge in [-0.2, -0.15) is 10.6 Å². The minimum Gasteiger partial charge on any atom is -0.384 e. The van der Waals surface area contributed by atoms with Crippen molar-refractivity contribution >= 4 is 33.0 Å². The second kappa shape index (κ2) is 8.20. The van der Waals surface area contributed by atoms with Gasteiger partial charge in [-0.05, 0) is 30.6 Å². The summed E-state index contributed by atoms with van der Waals surface area (Å²) in [5.74, 6) is 0.887. The van der Waals surface area contributed by atoms with Gasteiger partial charge in [0.25, 0.3) is 0 Å². The molecule has 8 heteroatoms. The summed E-state index contributed by atoms with van der Waals surface area (Å²) in [5.41, 5.74) is 8.37. The fourth-order valence-corrected chi connectivity index (χ4v) is 5.81. The Kier molecular flexibility index (Phi) is 4.64. The highest BCUT2D eigenvalue weighted by atomic mass is 32.3. The number of hydrogen-bond donors (Lipinski definition) is 4. The summed E-state index contributed by atoms with van der Waals surface area (Å²) in [6, 6.07) is 14.3. The van der Waals surface area contributed by atoms with E-state index in [-0.39, 0.29) is 16.7 Å². The highest BCUT2D eigenvalue weighted by Gasteiger charge is 2.37. The van der Waals surface area contributed by atoms with Crippen LogP contribution in [0.1, 0.15) is 15.2 Å². The number of benzene rings is 2. The van der Waals surface area contributed by atoms with Gasteiger partial charge in [-0.1, -0.05) is 29.8 Å². The van der Waals surface area contributed by atoms with Crippen molar-refractivity contribution in [2.45, 2.75) is 18.3 Å². The van der Waals surface area contributed by atoms with Crippen molar-refractivity contribution in [3.63, 3.8) is 0 Å². The van der Waals surface area contributed by atoms with E-state index in [1.54, 1.807) is 24.3 Å². The number of pyridine rings is 1. The van der Waals surface area contributed by atoms with Crippen molar-refractivity contribution < 1.29 is 18.0 Å². The Morgan fingerprint density at radius 1 is 1.25 bits per heavy atom. The molecule has 0 aliphatic carbocycles. The molecule has 0 spiro atoms. The Balaban J connectivity index is 1.56. The summed E-state index contributed by atoms with van der Waals surface area (Å²) >= 11 is 0. The minimum absolute atomic E-state index is 0.157. The van der Waals surface area contributed by atoms with Gasteiger partial charge < -0.3 is 20.7 Å². The summed E-state index contributed by atoms with van der Waals surface area (Å²) in [6.45, 7) is 0.899. The molecule has 0 radical (unpaired) electrons. The Morgan fingerprint density at radius 3 is 2.84 bits per heavy atom. The molecule has 0 bridgehead atoms. The highest BCUT2D eigenvalue weighted by Crippen LogP contribution is 2.51. The standard InChI is InChI=1S/C24H30N4O3S/c1-17-6-7-20-19(10-17)21(26-14-24(13-25)15-31-16-24)11-23(27-20)28-8-9-32(29,30)22-5-3-2-4-18(22)12-28/h2-7,10-11,29-30H,8-9,12-16,25H2,1H3,(H,26,27)/i1D3. The zero-order valence-corrected chi connectivity index (χ0v) is 18.6. The number of nitrogens with zero attached hydrogens (tertiary/aromatic N) is 2. The predicted molar refractivity (Wildman–Crippen MR) is 131 cm³/mol.